The van der Waals surface area contributed by atoms with Gasteiger partial charge in [-0.3, -0.25) is 9.69 Å². The minimum Gasteiger partial charge on any atom is -0.368 e. The molecule has 2 heterocycles. The molecule has 2 aliphatic rings. The molecule has 0 aromatic carbocycles. The Morgan fingerprint density at radius 2 is 2.23 bits per heavy atom. The Morgan fingerprint density at radius 1 is 1.55 bits per heavy atom. The lowest BCUT2D eigenvalue weighted by Crippen LogP contribution is -2.53. The topological polar surface area (TPSA) is 86.6 Å². The van der Waals surface area contributed by atoms with Crippen molar-refractivity contribution < 1.29 is 14.7 Å². The van der Waals surface area contributed by atoms with Crippen molar-refractivity contribution in [1.82, 2.24) is 20.1 Å². The number of hydrogen-bond donors (Lipinski definition) is 3. The van der Waals surface area contributed by atoms with Gasteiger partial charge in [-0.25, -0.2) is 4.79 Å². The van der Waals surface area contributed by atoms with Gasteiger partial charge in [0.2, 0.25) is 6.41 Å². The molecule has 0 spiro atoms. The highest BCUT2D eigenvalue weighted by Gasteiger charge is 2.62. The van der Waals surface area contributed by atoms with Crippen molar-refractivity contribution in [3.05, 3.63) is 20.8 Å². The van der Waals surface area contributed by atoms with Crippen LogP contribution in [0.25, 0.3) is 0 Å². The van der Waals surface area contributed by atoms with Crippen LogP contribution in [-0.4, -0.2) is 51.9 Å². The number of rotatable bonds is 3. The molecule has 3 rings (SSSR count). The van der Waals surface area contributed by atoms with Gasteiger partial charge in [-0.15, -0.1) is 0 Å². The van der Waals surface area contributed by atoms with Crippen LogP contribution in [0.4, 0.5) is 4.79 Å². The Morgan fingerprint density at radius 3 is 2.77 bits per heavy atom. The van der Waals surface area contributed by atoms with Crippen molar-refractivity contribution in [1.29, 1.82) is 0 Å². The average Bonchev–Trinajstić information content (AvgIpc) is 2.95. The van der Waals surface area contributed by atoms with Crippen LogP contribution < -0.4 is 10.6 Å². The van der Waals surface area contributed by atoms with E-state index in [2.05, 4.69) is 42.5 Å². The Labute approximate surface area is 144 Å². The number of aromatic nitrogens is 1. The molecular formula is C13H16Br2N4O3. The SMILES string of the molecule is Cc1cc(Br)c(Br)n1C1C[C@]2(O)[C@@H](NC(=O)N2C)C1NC=O. The molecule has 22 heavy (non-hydrogen) atoms. The summed E-state index contributed by atoms with van der Waals surface area (Å²) in [5.41, 5.74) is -0.343. The summed E-state index contributed by atoms with van der Waals surface area (Å²) in [5, 5.41) is 16.5. The molecule has 2 unspecified atom stereocenters. The van der Waals surface area contributed by atoms with Crippen molar-refractivity contribution >= 4 is 44.3 Å². The van der Waals surface area contributed by atoms with Gasteiger partial charge in [0, 0.05) is 19.2 Å². The van der Waals surface area contributed by atoms with Gasteiger partial charge >= 0.3 is 6.03 Å². The first-order valence-electron chi connectivity index (χ1n) is 6.80. The van der Waals surface area contributed by atoms with Crippen molar-refractivity contribution in [3.8, 4) is 0 Å². The summed E-state index contributed by atoms with van der Waals surface area (Å²) >= 11 is 7.00. The first kappa shape index (κ1) is 15.8. The fourth-order valence-corrected chi connectivity index (χ4v) is 4.73. The molecule has 0 bridgehead atoms. The number of likely N-dealkylation sites (N-methyl/N-ethyl adjacent to an activating group) is 1. The molecule has 4 atom stereocenters. The summed E-state index contributed by atoms with van der Waals surface area (Å²) in [4.78, 5) is 24.2. The molecular weight excluding hydrogens is 420 g/mol. The number of amides is 3. The lowest BCUT2D eigenvalue weighted by Gasteiger charge is -2.28. The van der Waals surface area contributed by atoms with Gasteiger partial charge in [0.25, 0.3) is 0 Å². The molecule has 1 saturated carbocycles. The molecule has 120 valence electrons. The minimum absolute atomic E-state index is 0.191. The quantitative estimate of drug-likeness (QED) is 0.621. The van der Waals surface area contributed by atoms with Crippen molar-refractivity contribution in [2.45, 2.75) is 37.2 Å². The number of fused-ring (bicyclic) bond motifs is 1. The van der Waals surface area contributed by atoms with Gasteiger partial charge in [0.05, 0.1) is 21.2 Å². The Balaban J connectivity index is 2.06. The zero-order valence-corrected chi connectivity index (χ0v) is 15.2. The van der Waals surface area contributed by atoms with E-state index in [1.165, 1.54) is 4.90 Å². The van der Waals surface area contributed by atoms with Crippen molar-refractivity contribution in [2.75, 3.05) is 7.05 Å². The summed E-state index contributed by atoms with van der Waals surface area (Å²) in [6.07, 6.45) is 0.925. The molecule has 2 fully saturated rings. The second-order valence-electron chi connectivity index (χ2n) is 5.74. The van der Waals surface area contributed by atoms with E-state index in [4.69, 9.17) is 0 Å². The number of urea groups is 1. The molecule has 3 N–H and O–H groups in total. The number of aryl methyl sites for hydroxylation is 1. The largest absolute Gasteiger partial charge is 0.368 e. The Bertz CT molecular complexity index is 649. The van der Waals surface area contributed by atoms with E-state index in [0.717, 1.165) is 14.8 Å². The molecule has 9 heteroatoms. The fraction of sp³-hybridized carbons (Fsp3) is 0.538. The molecule has 0 radical (unpaired) electrons. The van der Waals surface area contributed by atoms with Gasteiger partial charge in [0.1, 0.15) is 6.04 Å². The first-order chi connectivity index (χ1) is 10.3. The van der Waals surface area contributed by atoms with E-state index in [1.54, 1.807) is 7.05 Å². The van der Waals surface area contributed by atoms with Gasteiger partial charge < -0.3 is 20.3 Å². The van der Waals surface area contributed by atoms with E-state index in [1.807, 2.05) is 17.6 Å². The second-order valence-corrected chi connectivity index (χ2v) is 7.35. The smallest absolute Gasteiger partial charge is 0.319 e. The van der Waals surface area contributed by atoms with Crippen LogP contribution in [-0.2, 0) is 4.79 Å². The Hall–Kier alpha value is -1.06. The maximum absolute atomic E-state index is 11.8. The normalized spacial score (nSPS) is 33.8. The molecule has 3 amide bonds. The summed E-state index contributed by atoms with van der Waals surface area (Å²) in [6.45, 7) is 1.95. The molecule has 1 aromatic rings. The lowest BCUT2D eigenvalue weighted by atomic mass is 10.1. The van der Waals surface area contributed by atoms with Crippen LogP contribution in [0.5, 0.6) is 0 Å². The summed E-state index contributed by atoms with van der Waals surface area (Å²) < 4.78 is 3.75. The average molecular weight is 436 g/mol. The third kappa shape index (κ3) is 2.02. The number of carbonyl (C=O) groups is 2. The number of hydrogen-bond acceptors (Lipinski definition) is 3. The van der Waals surface area contributed by atoms with Gasteiger partial charge in [-0.2, -0.15) is 0 Å². The number of halogens is 2. The number of nitrogens with one attached hydrogen (secondary N) is 2. The maximum Gasteiger partial charge on any atom is 0.319 e. The van der Waals surface area contributed by atoms with Crippen LogP contribution >= 0.6 is 31.9 Å². The monoisotopic (exact) mass is 434 g/mol. The third-order valence-corrected chi connectivity index (χ3v) is 6.61. The minimum atomic E-state index is -1.33. The molecule has 1 aromatic heterocycles. The van der Waals surface area contributed by atoms with Gasteiger partial charge in [-0.1, -0.05) is 0 Å². The predicted molar refractivity (Wildman–Crippen MR) is 86.2 cm³/mol. The first-order valence-corrected chi connectivity index (χ1v) is 8.39. The zero-order valence-electron chi connectivity index (χ0n) is 12.0. The number of aliphatic hydroxyl groups is 1. The fourth-order valence-electron chi connectivity index (χ4n) is 3.56. The summed E-state index contributed by atoms with van der Waals surface area (Å²) in [6, 6.07) is 0.457. The second kappa shape index (κ2) is 5.24. The van der Waals surface area contributed by atoms with E-state index >= 15 is 0 Å². The highest BCUT2D eigenvalue weighted by atomic mass is 79.9. The van der Waals surface area contributed by atoms with Crippen molar-refractivity contribution in [2.24, 2.45) is 0 Å². The standard InChI is InChI=1S/C13H16Br2N4O3/c1-6-3-7(14)11(15)19(6)8-4-13(22)10(9(8)16-5-20)17-12(21)18(13)2/h3,5,8-10,22H,4H2,1-2H3,(H,16,20)(H,17,21)/t8?,9?,10-,13-/m0/s1. The van der Waals surface area contributed by atoms with E-state index in [0.29, 0.717) is 12.8 Å². The van der Waals surface area contributed by atoms with Crippen LogP contribution in [0.1, 0.15) is 18.2 Å². The number of carbonyl (C=O) groups excluding carboxylic acids is 2. The predicted octanol–water partition coefficient (Wildman–Crippen LogP) is 1.09. The molecule has 1 aliphatic heterocycles. The van der Waals surface area contributed by atoms with E-state index in [-0.39, 0.29) is 12.1 Å². The Kier molecular flexibility index (Phi) is 3.77. The summed E-state index contributed by atoms with van der Waals surface area (Å²) in [5.74, 6) is 0. The highest BCUT2D eigenvalue weighted by Crippen LogP contribution is 2.45. The van der Waals surface area contributed by atoms with Crippen LogP contribution in [0, 0.1) is 6.92 Å². The number of nitrogens with zero attached hydrogens (tertiary/aromatic N) is 2. The molecule has 7 nitrogen and oxygen atoms in total. The van der Waals surface area contributed by atoms with E-state index < -0.39 is 17.8 Å². The van der Waals surface area contributed by atoms with Crippen LogP contribution in [0.3, 0.4) is 0 Å². The van der Waals surface area contributed by atoms with Crippen LogP contribution in [0.15, 0.2) is 15.1 Å². The zero-order chi connectivity index (χ0) is 16.2. The van der Waals surface area contributed by atoms with E-state index in [9.17, 15) is 14.7 Å². The van der Waals surface area contributed by atoms with Crippen molar-refractivity contribution in [3.63, 3.8) is 0 Å². The summed E-state index contributed by atoms with van der Waals surface area (Å²) in [7, 11) is 1.56. The van der Waals surface area contributed by atoms with Gasteiger partial charge in [-0.05, 0) is 44.8 Å². The maximum atomic E-state index is 11.8. The molecule has 1 saturated heterocycles. The molecule has 1 aliphatic carbocycles. The third-order valence-electron chi connectivity index (χ3n) is 4.66. The highest BCUT2D eigenvalue weighted by molar-refractivity contribution is 9.13. The van der Waals surface area contributed by atoms with Crippen LogP contribution in [0.2, 0.25) is 0 Å². The lowest BCUT2D eigenvalue weighted by molar-refractivity contribution is -0.110. The van der Waals surface area contributed by atoms with Gasteiger partial charge in [0.15, 0.2) is 5.72 Å².